The van der Waals surface area contributed by atoms with Crippen molar-refractivity contribution in [3.8, 4) is 11.3 Å². The molecule has 4 nitrogen and oxygen atoms in total. The number of nitrogens with one attached hydrogen (secondary N) is 1. The van der Waals surface area contributed by atoms with Crippen molar-refractivity contribution >= 4 is 33.5 Å². The van der Waals surface area contributed by atoms with Crippen LogP contribution in [0.4, 0.5) is 0 Å². The minimum absolute atomic E-state index is 0.0963. The van der Waals surface area contributed by atoms with Gasteiger partial charge in [-0.25, -0.2) is 4.79 Å². The fourth-order valence-electron chi connectivity index (χ4n) is 1.50. The second-order valence-electron chi connectivity index (χ2n) is 3.53. The molecule has 6 heteroatoms. The molecule has 0 radical (unpaired) electrons. The van der Waals surface area contributed by atoms with Crippen LogP contribution < -0.4 is 0 Å². The van der Waals surface area contributed by atoms with Gasteiger partial charge < -0.3 is 5.11 Å². The smallest absolute Gasteiger partial charge is 0.355 e. The van der Waals surface area contributed by atoms with Gasteiger partial charge in [0.15, 0.2) is 5.69 Å². The van der Waals surface area contributed by atoms with Crippen LogP contribution in [0.2, 0.25) is 5.02 Å². The maximum Gasteiger partial charge on any atom is 0.355 e. The Morgan fingerprint density at radius 1 is 1.53 bits per heavy atom. The van der Waals surface area contributed by atoms with E-state index in [0.717, 1.165) is 15.6 Å². The van der Waals surface area contributed by atoms with E-state index < -0.39 is 5.97 Å². The van der Waals surface area contributed by atoms with Crippen molar-refractivity contribution in [2.24, 2.45) is 0 Å². The molecule has 0 spiro atoms. The number of hydrogen-bond acceptors (Lipinski definition) is 2. The molecule has 2 aromatic rings. The number of carbonyl (C=O) groups is 1. The number of benzene rings is 1. The largest absolute Gasteiger partial charge is 0.476 e. The predicted molar refractivity (Wildman–Crippen MR) is 68.4 cm³/mol. The summed E-state index contributed by atoms with van der Waals surface area (Å²) < 4.78 is 0.883. The quantitative estimate of drug-likeness (QED) is 0.891. The number of carboxylic acid groups (broad SMARTS) is 1. The summed E-state index contributed by atoms with van der Waals surface area (Å²) in [6.45, 7) is 1.91. The lowest BCUT2D eigenvalue weighted by atomic mass is 10.1. The van der Waals surface area contributed by atoms with Crippen LogP contribution in [0.1, 0.15) is 16.1 Å². The average molecular weight is 316 g/mol. The van der Waals surface area contributed by atoms with Gasteiger partial charge in [0.25, 0.3) is 0 Å². The molecular formula is C11H8BrClN2O2. The molecule has 0 saturated heterocycles. The molecule has 2 N–H and O–H groups in total. The van der Waals surface area contributed by atoms with E-state index in [1.165, 1.54) is 0 Å². The molecule has 1 aromatic heterocycles. The number of halogens is 2. The molecule has 0 amide bonds. The van der Waals surface area contributed by atoms with Crippen molar-refractivity contribution in [3.63, 3.8) is 0 Å². The Hall–Kier alpha value is -1.33. The van der Waals surface area contributed by atoms with Crippen molar-refractivity contribution in [2.75, 3.05) is 0 Å². The van der Waals surface area contributed by atoms with Gasteiger partial charge in [0.1, 0.15) is 10.7 Å². The van der Waals surface area contributed by atoms with E-state index in [2.05, 4.69) is 26.1 Å². The van der Waals surface area contributed by atoms with Crippen LogP contribution in [0.25, 0.3) is 11.3 Å². The topological polar surface area (TPSA) is 66.0 Å². The highest BCUT2D eigenvalue weighted by Gasteiger charge is 2.19. The molecule has 2 rings (SSSR count). The van der Waals surface area contributed by atoms with Gasteiger partial charge in [0, 0.05) is 10.0 Å². The van der Waals surface area contributed by atoms with E-state index in [9.17, 15) is 4.79 Å². The van der Waals surface area contributed by atoms with Crippen LogP contribution in [0.3, 0.4) is 0 Å². The number of hydrogen-bond donors (Lipinski definition) is 2. The van der Waals surface area contributed by atoms with Gasteiger partial charge in [0.05, 0.1) is 0 Å². The molecule has 0 saturated carbocycles. The minimum atomic E-state index is -1.12. The first-order valence-electron chi connectivity index (χ1n) is 4.74. The molecule has 1 aromatic carbocycles. The number of aromatic carboxylic acids is 1. The van der Waals surface area contributed by atoms with E-state index in [1.54, 1.807) is 0 Å². The van der Waals surface area contributed by atoms with E-state index in [-0.39, 0.29) is 10.7 Å². The van der Waals surface area contributed by atoms with E-state index in [1.807, 2.05) is 25.1 Å². The molecule has 88 valence electrons. The number of aromatic amines is 1. The second kappa shape index (κ2) is 4.50. The van der Waals surface area contributed by atoms with E-state index in [0.29, 0.717) is 5.69 Å². The zero-order valence-electron chi connectivity index (χ0n) is 8.79. The van der Waals surface area contributed by atoms with Crippen LogP contribution in [-0.2, 0) is 0 Å². The number of H-pyrrole nitrogens is 1. The third-order valence-electron chi connectivity index (χ3n) is 2.38. The van der Waals surface area contributed by atoms with Crippen molar-refractivity contribution < 1.29 is 9.90 Å². The maximum atomic E-state index is 10.9. The van der Waals surface area contributed by atoms with Crippen LogP contribution in [0.5, 0.6) is 0 Å². The van der Waals surface area contributed by atoms with Crippen molar-refractivity contribution in [1.82, 2.24) is 10.2 Å². The van der Waals surface area contributed by atoms with E-state index >= 15 is 0 Å². The van der Waals surface area contributed by atoms with Gasteiger partial charge in [-0.15, -0.1) is 0 Å². The third-order valence-corrected chi connectivity index (χ3v) is 3.24. The lowest BCUT2D eigenvalue weighted by Crippen LogP contribution is -1.96. The Morgan fingerprint density at radius 3 is 2.82 bits per heavy atom. The summed E-state index contributed by atoms with van der Waals surface area (Å²) in [5, 5.41) is 15.4. The van der Waals surface area contributed by atoms with Crippen LogP contribution in [0.15, 0.2) is 22.7 Å². The zero-order chi connectivity index (χ0) is 12.6. The lowest BCUT2D eigenvalue weighted by Gasteiger charge is -2.03. The van der Waals surface area contributed by atoms with Gasteiger partial charge in [-0.05, 0) is 24.6 Å². The van der Waals surface area contributed by atoms with Crippen molar-refractivity contribution in [2.45, 2.75) is 6.92 Å². The summed E-state index contributed by atoms with van der Waals surface area (Å²) in [6.07, 6.45) is 0. The highest BCUT2D eigenvalue weighted by Crippen LogP contribution is 2.32. The van der Waals surface area contributed by atoms with Gasteiger partial charge >= 0.3 is 5.97 Å². The molecule has 0 bridgehead atoms. The number of rotatable bonds is 2. The molecular weight excluding hydrogens is 307 g/mol. The Balaban J connectivity index is 2.61. The number of aromatic nitrogens is 2. The molecule has 17 heavy (non-hydrogen) atoms. The van der Waals surface area contributed by atoms with Gasteiger partial charge in [-0.3, -0.25) is 5.10 Å². The number of carboxylic acids is 1. The Morgan fingerprint density at radius 2 is 2.24 bits per heavy atom. The normalized spacial score (nSPS) is 10.5. The predicted octanol–water partition coefficient (Wildman–Crippen LogP) is 3.50. The van der Waals surface area contributed by atoms with Crippen molar-refractivity contribution in [1.29, 1.82) is 0 Å². The summed E-state index contributed by atoms with van der Waals surface area (Å²) in [5.74, 6) is -1.12. The van der Waals surface area contributed by atoms with Crippen LogP contribution in [0, 0.1) is 6.92 Å². The third kappa shape index (κ3) is 2.21. The molecule has 0 fully saturated rings. The first kappa shape index (κ1) is 12.1. The molecule has 0 aliphatic rings. The summed E-state index contributed by atoms with van der Waals surface area (Å²) in [7, 11) is 0. The van der Waals surface area contributed by atoms with Gasteiger partial charge in [-0.2, -0.15) is 5.10 Å². The Labute approximate surface area is 111 Å². The number of nitrogens with zero attached hydrogens (tertiary/aromatic N) is 1. The second-order valence-corrected chi connectivity index (χ2v) is 4.82. The summed E-state index contributed by atoms with van der Waals surface area (Å²) >= 11 is 9.34. The molecule has 0 aliphatic carbocycles. The highest BCUT2D eigenvalue weighted by molar-refractivity contribution is 9.10. The number of aryl methyl sites for hydroxylation is 1. The fraction of sp³-hybridized carbons (Fsp3) is 0.0909. The zero-order valence-corrected chi connectivity index (χ0v) is 11.1. The summed E-state index contributed by atoms with van der Waals surface area (Å²) in [4.78, 5) is 10.9. The van der Waals surface area contributed by atoms with Gasteiger partial charge in [-0.1, -0.05) is 33.6 Å². The lowest BCUT2D eigenvalue weighted by molar-refractivity contribution is 0.0690. The maximum absolute atomic E-state index is 10.9. The van der Waals surface area contributed by atoms with Crippen LogP contribution in [-0.4, -0.2) is 21.3 Å². The molecule has 0 aliphatic heterocycles. The first-order chi connectivity index (χ1) is 8.00. The van der Waals surface area contributed by atoms with Gasteiger partial charge in [0.2, 0.25) is 0 Å². The van der Waals surface area contributed by atoms with E-state index in [4.69, 9.17) is 16.7 Å². The monoisotopic (exact) mass is 314 g/mol. The standard InChI is InChI=1S/C11H8BrClN2O2/c1-5-2-3-6(12)4-7(5)9-8(13)10(11(16)17)15-14-9/h2-4H,1H3,(H,14,15)(H,16,17). The fourth-order valence-corrected chi connectivity index (χ4v) is 2.13. The first-order valence-corrected chi connectivity index (χ1v) is 5.91. The SMILES string of the molecule is Cc1ccc(Br)cc1-c1n[nH]c(C(=O)O)c1Cl. The Bertz CT molecular complexity index is 595. The average Bonchev–Trinajstić information content (AvgIpc) is 2.64. The summed E-state index contributed by atoms with van der Waals surface area (Å²) in [5.41, 5.74) is 2.12. The van der Waals surface area contributed by atoms with Crippen LogP contribution >= 0.6 is 27.5 Å². The minimum Gasteiger partial charge on any atom is -0.476 e. The molecule has 0 unspecified atom stereocenters. The Kier molecular flexibility index (Phi) is 3.22. The summed E-state index contributed by atoms with van der Waals surface area (Å²) in [6, 6.07) is 5.66. The molecule has 0 atom stereocenters. The highest BCUT2D eigenvalue weighted by atomic mass is 79.9. The van der Waals surface area contributed by atoms with Crippen molar-refractivity contribution in [3.05, 3.63) is 39.0 Å². The molecule has 1 heterocycles.